The molecule has 0 bridgehead atoms. The fourth-order valence-corrected chi connectivity index (χ4v) is 7.42. The fourth-order valence-electron chi connectivity index (χ4n) is 7.42. The van der Waals surface area contributed by atoms with Crippen LogP contribution in [-0.4, -0.2) is 48.0 Å². The van der Waals surface area contributed by atoms with E-state index < -0.39 is 11.8 Å². The van der Waals surface area contributed by atoms with Crippen molar-refractivity contribution in [3.63, 3.8) is 0 Å². The predicted molar refractivity (Wildman–Crippen MR) is 223 cm³/mol. The molecule has 0 saturated carbocycles. The maximum Gasteiger partial charge on any atom is 0.280 e. The Balaban J connectivity index is 0.853. The van der Waals surface area contributed by atoms with Crippen molar-refractivity contribution in [3.8, 4) is 11.5 Å². The number of unbranched alkanes of at least 4 members (excludes halogenated alkanes) is 1. The molecule has 1 saturated heterocycles. The summed E-state index contributed by atoms with van der Waals surface area (Å²) in [7, 11) is 0. The third kappa shape index (κ3) is 9.43. The zero-order valence-electron chi connectivity index (χ0n) is 32.6. The van der Waals surface area contributed by atoms with E-state index in [0.29, 0.717) is 61.2 Å². The van der Waals surface area contributed by atoms with E-state index >= 15 is 0 Å². The number of benzene rings is 5. The van der Waals surface area contributed by atoms with E-state index in [1.807, 2.05) is 91.9 Å². The van der Waals surface area contributed by atoms with Gasteiger partial charge >= 0.3 is 0 Å². The van der Waals surface area contributed by atoms with Gasteiger partial charge in [0.15, 0.2) is 0 Å². The van der Waals surface area contributed by atoms with E-state index in [1.54, 1.807) is 18.2 Å². The Labute approximate surface area is 338 Å². The van der Waals surface area contributed by atoms with Crippen molar-refractivity contribution in [2.24, 2.45) is 5.92 Å². The number of hydrogen-bond donors (Lipinski definition) is 3. The maximum absolute atomic E-state index is 13.2. The third-order valence-electron chi connectivity index (χ3n) is 10.7. The molecular formula is C47H47N5O6. The monoisotopic (exact) mass is 777 g/mol. The molecule has 11 nitrogen and oxygen atoms in total. The molecule has 0 radical (unpaired) electrons. The second kappa shape index (κ2) is 18.0. The van der Waals surface area contributed by atoms with Gasteiger partial charge in [0, 0.05) is 61.4 Å². The van der Waals surface area contributed by atoms with Gasteiger partial charge in [0.1, 0.15) is 17.8 Å². The zero-order chi connectivity index (χ0) is 40.6. The van der Waals surface area contributed by atoms with Crippen molar-refractivity contribution in [3.05, 3.63) is 149 Å². The molecule has 2 heterocycles. The van der Waals surface area contributed by atoms with E-state index in [-0.39, 0.29) is 17.7 Å². The van der Waals surface area contributed by atoms with E-state index in [9.17, 15) is 24.0 Å². The van der Waals surface area contributed by atoms with Crippen LogP contribution in [0.15, 0.2) is 115 Å². The summed E-state index contributed by atoms with van der Waals surface area (Å²) in [6.07, 6.45) is 4.33. The summed E-state index contributed by atoms with van der Waals surface area (Å²) in [5, 5.41) is 8.90. The minimum atomic E-state index is -0.430. The highest BCUT2D eigenvalue weighted by Gasteiger charge is 2.37. The van der Waals surface area contributed by atoms with Crippen LogP contribution in [-0.2, 0) is 22.7 Å². The molecule has 5 aromatic rings. The number of carbonyl (C=O) groups excluding carboxylic acids is 5. The predicted octanol–water partition coefficient (Wildman–Crippen LogP) is 7.78. The summed E-state index contributed by atoms with van der Waals surface area (Å²) >= 11 is 0. The number of fused-ring (bicyclic) bond motifs is 2. The smallest absolute Gasteiger partial charge is 0.280 e. The summed E-state index contributed by atoms with van der Waals surface area (Å²) in [5.41, 5.74) is 8.44. The number of hydrazine groups is 1. The molecule has 3 N–H and O–H groups in total. The van der Waals surface area contributed by atoms with Gasteiger partial charge in [0.25, 0.3) is 17.7 Å². The van der Waals surface area contributed by atoms with Crippen molar-refractivity contribution in [1.82, 2.24) is 21.1 Å². The van der Waals surface area contributed by atoms with Crippen LogP contribution in [0.3, 0.4) is 0 Å². The first kappa shape index (κ1) is 39.5. The largest absolute Gasteiger partial charge is 0.457 e. The average molecular weight is 778 g/mol. The summed E-state index contributed by atoms with van der Waals surface area (Å²) in [6.45, 7) is 8.10. The highest BCUT2D eigenvalue weighted by molar-refractivity contribution is 6.21. The standard InChI is InChI=1S/C47H47N5O6/c1-31-12-16-39(17-13-31)58-43-11-6-10-36-27-37(14-18-40(36)43)45(55)49-30-35-9-5-8-34(25-35)29-48-44(54)26-33-20-22-51(23-21-33)38-15-19-41-42(28-38)47(57)52(46(41)56)50-32(2)7-3-4-24-53/h5-6,8-19,24-25,27-28,33,50H,2-4,7,20-23,26,29-30H2,1H3,(H,48,54)(H,49,55). The number of imide groups is 1. The number of ether oxygens (including phenoxy) is 1. The first-order valence-corrected chi connectivity index (χ1v) is 19.7. The second-order valence-electron chi connectivity index (χ2n) is 15.0. The lowest BCUT2D eigenvalue weighted by atomic mass is 9.92. The third-order valence-corrected chi connectivity index (χ3v) is 10.7. The van der Waals surface area contributed by atoms with Gasteiger partial charge in [0.2, 0.25) is 5.91 Å². The van der Waals surface area contributed by atoms with Crippen LogP contribution in [0.2, 0.25) is 0 Å². The summed E-state index contributed by atoms with van der Waals surface area (Å²) in [5.74, 6) is 0.655. The number of carbonyl (C=O) groups is 5. The molecule has 58 heavy (non-hydrogen) atoms. The number of nitrogens with zero attached hydrogens (tertiary/aromatic N) is 2. The molecule has 5 aromatic carbocycles. The Morgan fingerprint density at radius 1 is 0.828 bits per heavy atom. The Bertz CT molecular complexity index is 2370. The molecule has 0 atom stereocenters. The number of aldehydes is 1. The highest BCUT2D eigenvalue weighted by atomic mass is 16.5. The van der Waals surface area contributed by atoms with Crippen molar-refractivity contribution >= 4 is 46.4 Å². The molecule has 4 amide bonds. The summed E-state index contributed by atoms with van der Waals surface area (Å²) in [4.78, 5) is 65.0. The molecule has 296 valence electrons. The van der Waals surface area contributed by atoms with Gasteiger partial charge in [-0.05, 0) is 110 Å². The quantitative estimate of drug-likeness (QED) is 0.0525. The van der Waals surface area contributed by atoms with E-state index in [4.69, 9.17) is 4.74 Å². The molecule has 0 aliphatic carbocycles. The first-order valence-electron chi connectivity index (χ1n) is 19.7. The van der Waals surface area contributed by atoms with Gasteiger partial charge in [-0.15, -0.1) is 0 Å². The normalized spacial score (nSPS) is 13.9. The zero-order valence-corrected chi connectivity index (χ0v) is 32.6. The topological polar surface area (TPSA) is 137 Å². The Morgan fingerprint density at radius 2 is 1.55 bits per heavy atom. The number of allylic oxidation sites excluding steroid dienone is 1. The molecule has 1 fully saturated rings. The molecule has 7 rings (SSSR count). The number of anilines is 1. The minimum Gasteiger partial charge on any atom is -0.457 e. The lowest BCUT2D eigenvalue weighted by molar-refractivity contribution is -0.122. The van der Waals surface area contributed by atoms with Crippen LogP contribution >= 0.6 is 0 Å². The molecule has 2 aliphatic heterocycles. The van der Waals surface area contributed by atoms with Gasteiger partial charge in [-0.1, -0.05) is 60.7 Å². The first-order chi connectivity index (χ1) is 28.1. The van der Waals surface area contributed by atoms with Crippen LogP contribution in [0.25, 0.3) is 10.8 Å². The summed E-state index contributed by atoms with van der Waals surface area (Å²) < 4.78 is 6.14. The maximum atomic E-state index is 13.2. The highest BCUT2D eigenvalue weighted by Crippen LogP contribution is 2.32. The number of piperidine rings is 1. The number of aryl methyl sites for hydroxylation is 1. The Kier molecular flexibility index (Phi) is 12.3. The van der Waals surface area contributed by atoms with Crippen molar-refractivity contribution in [2.75, 3.05) is 18.0 Å². The lowest BCUT2D eigenvalue weighted by Crippen LogP contribution is -2.41. The van der Waals surface area contributed by atoms with Crippen LogP contribution in [0, 0.1) is 12.8 Å². The van der Waals surface area contributed by atoms with E-state index in [0.717, 1.165) is 81.9 Å². The van der Waals surface area contributed by atoms with Gasteiger partial charge in [0.05, 0.1) is 11.1 Å². The lowest BCUT2D eigenvalue weighted by Gasteiger charge is -2.33. The Hall–Kier alpha value is -6.75. The van der Waals surface area contributed by atoms with Crippen molar-refractivity contribution in [1.29, 1.82) is 0 Å². The number of hydrogen-bond acceptors (Lipinski definition) is 8. The molecule has 2 aliphatic rings. The van der Waals surface area contributed by atoms with Crippen LogP contribution in [0.4, 0.5) is 5.69 Å². The molecule has 11 heteroatoms. The van der Waals surface area contributed by atoms with Crippen LogP contribution < -0.4 is 25.7 Å². The fraction of sp³-hybridized carbons (Fsp3) is 0.255. The van der Waals surface area contributed by atoms with Gasteiger partial charge in [-0.2, -0.15) is 5.01 Å². The van der Waals surface area contributed by atoms with Crippen LogP contribution in [0.1, 0.15) is 86.3 Å². The molecule has 0 spiro atoms. The van der Waals surface area contributed by atoms with Crippen molar-refractivity contribution in [2.45, 2.75) is 58.5 Å². The van der Waals surface area contributed by atoms with Gasteiger partial charge in [-0.25, -0.2) is 0 Å². The second-order valence-corrected chi connectivity index (χ2v) is 15.0. The van der Waals surface area contributed by atoms with Crippen molar-refractivity contribution < 1.29 is 28.7 Å². The Morgan fingerprint density at radius 3 is 2.31 bits per heavy atom. The van der Waals surface area contributed by atoms with Gasteiger partial charge in [-0.3, -0.25) is 24.6 Å². The number of nitrogens with one attached hydrogen (secondary N) is 3. The van der Waals surface area contributed by atoms with Crippen LogP contribution in [0.5, 0.6) is 11.5 Å². The molecular weight excluding hydrogens is 731 g/mol. The van der Waals surface area contributed by atoms with E-state index in [2.05, 4.69) is 27.5 Å². The minimum absolute atomic E-state index is 0.0112. The van der Waals surface area contributed by atoms with E-state index in [1.165, 1.54) is 0 Å². The van der Waals surface area contributed by atoms with Gasteiger partial charge < -0.3 is 25.1 Å². The number of rotatable bonds is 16. The SMILES string of the molecule is C=C(CCCC=O)NN1C(=O)c2ccc(N3CCC(CC(=O)NCc4cccc(CNC(=O)c5ccc6c(Oc7ccc(C)cc7)cccc6c5)c4)CC3)cc2C1=O. The number of amides is 4. The molecule has 0 unspecified atom stereocenters. The summed E-state index contributed by atoms with van der Waals surface area (Å²) in [6, 6.07) is 32.4. The molecule has 0 aromatic heterocycles. The average Bonchev–Trinajstić information content (AvgIpc) is 3.47.